The van der Waals surface area contributed by atoms with E-state index >= 15 is 0 Å². The Morgan fingerprint density at radius 1 is 1.34 bits per heavy atom. The average molecular weight is 462 g/mol. The van der Waals surface area contributed by atoms with E-state index in [0.717, 1.165) is 37.4 Å². The van der Waals surface area contributed by atoms with Crippen molar-refractivity contribution in [3.8, 4) is 0 Å². The molecule has 0 aromatic carbocycles. The molecule has 0 unspecified atom stereocenters. The van der Waals surface area contributed by atoms with Gasteiger partial charge in [-0.05, 0) is 32.3 Å². The minimum Gasteiger partial charge on any atom is -0.475 e. The summed E-state index contributed by atoms with van der Waals surface area (Å²) in [6.07, 6.45) is 1.10. The Morgan fingerprint density at radius 3 is 2.53 bits per heavy atom. The van der Waals surface area contributed by atoms with Crippen molar-refractivity contribution < 1.29 is 37.1 Å². The lowest BCUT2D eigenvalue weighted by Gasteiger charge is -2.28. The van der Waals surface area contributed by atoms with Crippen molar-refractivity contribution in [3.63, 3.8) is 0 Å². The fourth-order valence-corrected chi connectivity index (χ4v) is 3.57. The summed E-state index contributed by atoms with van der Waals surface area (Å²) in [5.74, 6) is -1.85. The molecule has 32 heavy (non-hydrogen) atoms. The molecule has 9 nitrogen and oxygen atoms in total. The molecule has 2 atom stereocenters. The van der Waals surface area contributed by atoms with Crippen LogP contribution < -0.4 is 0 Å². The Bertz CT molecular complexity index is 848. The molecule has 0 spiro atoms. The van der Waals surface area contributed by atoms with Gasteiger partial charge in [0.25, 0.3) is 0 Å². The Balaban J connectivity index is 0.000000451. The Hall–Kier alpha value is -2.44. The van der Waals surface area contributed by atoms with Gasteiger partial charge in [-0.1, -0.05) is 5.16 Å². The summed E-state index contributed by atoms with van der Waals surface area (Å²) in [5, 5.41) is 15.5. The van der Waals surface area contributed by atoms with Crippen LogP contribution in [0.15, 0.2) is 16.9 Å². The van der Waals surface area contributed by atoms with Gasteiger partial charge in [-0.25, -0.2) is 4.79 Å². The molecule has 12 heteroatoms. The van der Waals surface area contributed by atoms with Gasteiger partial charge >= 0.3 is 12.1 Å². The van der Waals surface area contributed by atoms with Crippen LogP contribution in [0.4, 0.5) is 13.2 Å². The first-order valence-corrected chi connectivity index (χ1v) is 10.1. The number of aromatic nitrogens is 3. The van der Waals surface area contributed by atoms with Crippen molar-refractivity contribution >= 4 is 5.97 Å². The van der Waals surface area contributed by atoms with Gasteiger partial charge < -0.3 is 19.1 Å². The van der Waals surface area contributed by atoms with E-state index in [0.29, 0.717) is 19.3 Å². The molecule has 1 aliphatic rings. The Morgan fingerprint density at radius 2 is 2.03 bits per heavy atom. The minimum absolute atomic E-state index is 0.204. The molecular weight excluding hydrogens is 433 g/mol. The SMILES string of the molecule is COCCO[C@H]1CCN(Cc2c(C)noc2C)[C@H]1Cc1cnn(C)c1.O=C(O)C(F)(F)F. The highest BCUT2D eigenvalue weighted by Crippen LogP contribution is 2.28. The van der Waals surface area contributed by atoms with Crippen LogP contribution in [0.2, 0.25) is 0 Å². The van der Waals surface area contributed by atoms with Gasteiger partial charge in [-0.15, -0.1) is 0 Å². The van der Waals surface area contributed by atoms with E-state index < -0.39 is 12.1 Å². The lowest BCUT2D eigenvalue weighted by Crippen LogP contribution is -2.38. The number of ether oxygens (including phenoxy) is 2. The quantitative estimate of drug-likeness (QED) is 0.597. The molecule has 3 rings (SSSR count). The van der Waals surface area contributed by atoms with Crippen molar-refractivity contribution in [1.82, 2.24) is 19.8 Å². The summed E-state index contributed by atoms with van der Waals surface area (Å²) < 4.78 is 50.2. The lowest BCUT2D eigenvalue weighted by molar-refractivity contribution is -0.192. The molecule has 1 saturated heterocycles. The molecule has 1 N–H and O–H groups in total. The van der Waals surface area contributed by atoms with E-state index in [2.05, 4.69) is 21.4 Å². The van der Waals surface area contributed by atoms with E-state index in [9.17, 15) is 13.2 Å². The average Bonchev–Trinajstić information content (AvgIpc) is 3.38. The number of hydrogen-bond acceptors (Lipinski definition) is 7. The summed E-state index contributed by atoms with van der Waals surface area (Å²) in [5.41, 5.74) is 3.40. The number of methoxy groups -OCH3 is 1. The number of nitrogens with zero attached hydrogens (tertiary/aromatic N) is 4. The summed E-state index contributed by atoms with van der Waals surface area (Å²) >= 11 is 0. The van der Waals surface area contributed by atoms with E-state index in [4.69, 9.17) is 23.9 Å². The first-order chi connectivity index (χ1) is 15.0. The molecule has 0 radical (unpaired) electrons. The molecule has 0 amide bonds. The normalized spacial score (nSPS) is 19.1. The first kappa shape index (κ1) is 25.8. The standard InChI is InChI=1S/C18H28N4O3.C2HF3O2/c1-13-16(14(2)25-20-13)12-22-6-5-18(24-8-7-23-4)17(22)9-15-10-19-21(3)11-15;3-2(4,5)1(6)7/h10-11,17-18H,5-9,12H2,1-4H3;(H,6,7)/t17-,18-;/m0./s1. The molecular formula is C20H29F3N4O5. The second kappa shape index (κ2) is 11.4. The fourth-order valence-electron chi connectivity index (χ4n) is 3.57. The van der Waals surface area contributed by atoms with Crippen LogP contribution in [-0.4, -0.2) is 76.1 Å². The van der Waals surface area contributed by atoms with Crippen molar-refractivity contribution in [1.29, 1.82) is 0 Å². The highest BCUT2D eigenvalue weighted by molar-refractivity contribution is 5.73. The summed E-state index contributed by atoms with van der Waals surface area (Å²) in [7, 11) is 3.65. The van der Waals surface area contributed by atoms with Crippen LogP contribution in [0.3, 0.4) is 0 Å². The van der Waals surface area contributed by atoms with Crippen molar-refractivity contribution in [3.05, 3.63) is 35.0 Å². The Kier molecular flexibility index (Phi) is 9.22. The Labute approximate surface area is 184 Å². The van der Waals surface area contributed by atoms with Gasteiger partial charge in [0.2, 0.25) is 0 Å². The molecule has 2 aromatic rings. The highest BCUT2D eigenvalue weighted by Gasteiger charge is 2.38. The number of halogens is 3. The maximum Gasteiger partial charge on any atom is 0.490 e. The third kappa shape index (κ3) is 7.31. The van der Waals surface area contributed by atoms with Crippen LogP contribution in [0, 0.1) is 13.8 Å². The van der Waals surface area contributed by atoms with Gasteiger partial charge in [-0.3, -0.25) is 9.58 Å². The van der Waals surface area contributed by atoms with Crippen molar-refractivity contribution in [2.75, 3.05) is 26.9 Å². The second-order valence-corrected chi connectivity index (χ2v) is 7.56. The van der Waals surface area contributed by atoms with Gasteiger partial charge in [0.05, 0.1) is 31.2 Å². The number of rotatable bonds is 8. The fraction of sp³-hybridized carbons (Fsp3) is 0.650. The summed E-state index contributed by atoms with van der Waals surface area (Å²) in [4.78, 5) is 11.4. The maximum atomic E-state index is 10.6. The molecule has 0 aliphatic carbocycles. The zero-order valence-electron chi connectivity index (χ0n) is 18.6. The molecule has 0 saturated carbocycles. The molecule has 0 bridgehead atoms. The van der Waals surface area contributed by atoms with Gasteiger partial charge in [0.15, 0.2) is 0 Å². The van der Waals surface area contributed by atoms with E-state index in [1.54, 1.807) is 7.11 Å². The number of carbonyl (C=O) groups is 1. The third-order valence-corrected chi connectivity index (χ3v) is 5.21. The van der Waals surface area contributed by atoms with Crippen LogP contribution in [-0.2, 0) is 34.3 Å². The summed E-state index contributed by atoms with van der Waals surface area (Å²) in [6, 6.07) is 0.315. The molecule has 1 fully saturated rings. The first-order valence-electron chi connectivity index (χ1n) is 10.1. The third-order valence-electron chi connectivity index (χ3n) is 5.21. The molecule has 1 aliphatic heterocycles. The van der Waals surface area contributed by atoms with Crippen molar-refractivity contribution in [2.24, 2.45) is 7.05 Å². The largest absolute Gasteiger partial charge is 0.490 e. The topological polar surface area (TPSA) is 103 Å². The number of carboxylic acid groups (broad SMARTS) is 1. The van der Waals surface area contributed by atoms with Gasteiger partial charge in [-0.2, -0.15) is 18.3 Å². The van der Waals surface area contributed by atoms with E-state index in [-0.39, 0.29) is 6.10 Å². The zero-order valence-corrected chi connectivity index (χ0v) is 18.6. The molecule has 180 valence electrons. The predicted octanol–water partition coefficient (Wildman–Crippen LogP) is 2.51. The molecule has 3 heterocycles. The maximum absolute atomic E-state index is 10.6. The van der Waals surface area contributed by atoms with Gasteiger partial charge in [0, 0.05) is 45.0 Å². The van der Waals surface area contributed by atoms with Crippen molar-refractivity contribution in [2.45, 2.75) is 51.6 Å². The monoisotopic (exact) mass is 462 g/mol. The van der Waals surface area contributed by atoms with Crippen LogP contribution in [0.5, 0.6) is 0 Å². The number of aliphatic carboxylic acids is 1. The van der Waals surface area contributed by atoms with Crippen LogP contribution >= 0.6 is 0 Å². The summed E-state index contributed by atoms with van der Waals surface area (Å²) in [6.45, 7) is 7.09. The van der Waals surface area contributed by atoms with E-state index in [1.807, 2.05) is 31.8 Å². The number of likely N-dealkylation sites (tertiary alicyclic amines) is 1. The van der Waals surface area contributed by atoms with Crippen LogP contribution in [0.1, 0.15) is 29.0 Å². The number of hydrogen-bond donors (Lipinski definition) is 1. The molecule has 2 aromatic heterocycles. The lowest BCUT2D eigenvalue weighted by atomic mass is 10.0. The second-order valence-electron chi connectivity index (χ2n) is 7.56. The number of aryl methyl sites for hydroxylation is 3. The van der Waals surface area contributed by atoms with Crippen LogP contribution in [0.25, 0.3) is 0 Å². The van der Waals surface area contributed by atoms with E-state index in [1.165, 1.54) is 11.1 Å². The minimum atomic E-state index is -5.08. The zero-order chi connectivity index (χ0) is 23.9. The number of alkyl halides is 3. The van der Waals surface area contributed by atoms with Gasteiger partial charge in [0.1, 0.15) is 5.76 Å². The number of carboxylic acids is 1. The highest BCUT2D eigenvalue weighted by atomic mass is 19.4. The smallest absolute Gasteiger partial charge is 0.475 e. The predicted molar refractivity (Wildman–Crippen MR) is 107 cm³/mol.